The first-order valence-corrected chi connectivity index (χ1v) is 39.0. The molecule has 0 aromatic heterocycles. The lowest BCUT2D eigenvalue weighted by Gasteiger charge is -2.30. The molecule has 0 amide bonds. The standard InChI is InChI=1S/C86H80N2Si2/c1-13-55-41-75-67-35-33-61(87-77-37-31-53(51-85(3,4)5)39-71(77)63-27-19-21-29-65(63)73-43-57-23-15-17-25-59(57)45-79(73)87)47-81(67)89(9,10)83(75)49-69(55)70-50-84-76(42-56(70)14-2)68-36-34-62(48-82(68)90(84,11)12)88-78-38-32-54(52-86(6,7)8)40-72(78)64-28-20-22-30-66(64)74-44-58-24-16-18-26-60(58)46-80(74)88/h15-50H,13-14,51-52H2,1-12H3. The summed E-state index contributed by atoms with van der Waals surface area (Å²) in [7, 11) is -4.59. The van der Waals surface area contributed by atoms with E-state index in [0.717, 1.165) is 25.7 Å². The van der Waals surface area contributed by atoms with Crippen molar-refractivity contribution in [1.29, 1.82) is 0 Å². The van der Waals surface area contributed by atoms with E-state index in [9.17, 15) is 0 Å². The quantitative estimate of drug-likeness (QED) is 0.147. The van der Waals surface area contributed by atoms with Gasteiger partial charge in [0.2, 0.25) is 0 Å². The van der Waals surface area contributed by atoms with Crippen LogP contribution in [0.5, 0.6) is 0 Å². The average Bonchev–Trinajstić information content (AvgIpc) is 1.68. The fraction of sp³-hybridized carbons (Fsp3) is 0.209. The molecule has 12 aromatic carbocycles. The Hall–Kier alpha value is -8.81. The minimum atomic E-state index is -2.29. The molecule has 0 aliphatic carbocycles. The van der Waals surface area contributed by atoms with Crippen LogP contribution in [-0.4, -0.2) is 16.1 Å². The minimum Gasteiger partial charge on any atom is -0.309 e. The lowest BCUT2D eigenvalue weighted by molar-refractivity contribution is 0.411. The van der Waals surface area contributed by atoms with E-state index in [-0.39, 0.29) is 10.8 Å². The lowest BCUT2D eigenvalue weighted by atomic mass is 9.86. The van der Waals surface area contributed by atoms with Crippen molar-refractivity contribution in [3.8, 4) is 77.9 Å². The number of benzene rings is 12. The first kappa shape index (κ1) is 56.4. The number of fused-ring (bicyclic) bond motifs is 18. The summed E-state index contributed by atoms with van der Waals surface area (Å²) >= 11 is 0. The smallest absolute Gasteiger partial charge is 0.113 e. The van der Waals surface area contributed by atoms with Gasteiger partial charge >= 0.3 is 0 Å². The van der Waals surface area contributed by atoms with Crippen LogP contribution >= 0.6 is 0 Å². The predicted octanol–water partition coefficient (Wildman–Crippen LogP) is 21.8. The minimum absolute atomic E-state index is 0.160. The molecule has 16 rings (SSSR count). The molecule has 4 aliphatic heterocycles. The van der Waals surface area contributed by atoms with Crippen LogP contribution in [0.15, 0.2) is 218 Å². The normalized spacial score (nSPS) is 14.5. The second-order valence-electron chi connectivity index (χ2n) is 29.9. The van der Waals surface area contributed by atoms with Gasteiger partial charge < -0.3 is 9.80 Å². The topological polar surface area (TPSA) is 6.48 Å². The maximum Gasteiger partial charge on any atom is 0.113 e. The Kier molecular flexibility index (Phi) is 12.8. The molecule has 2 nitrogen and oxygen atoms in total. The lowest BCUT2D eigenvalue weighted by Crippen LogP contribution is -2.49. The van der Waals surface area contributed by atoms with Gasteiger partial charge in [-0.2, -0.15) is 0 Å². The maximum absolute atomic E-state index is 2.69. The molecule has 0 bridgehead atoms. The van der Waals surface area contributed by atoms with Crippen LogP contribution in [0.4, 0.5) is 34.1 Å². The van der Waals surface area contributed by atoms with Crippen LogP contribution in [-0.2, 0) is 25.7 Å². The highest BCUT2D eigenvalue weighted by molar-refractivity contribution is 7.04. The summed E-state index contributed by atoms with van der Waals surface area (Å²) in [6.45, 7) is 29.3. The maximum atomic E-state index is 2.69. The molecule has 4 aliphatic rings. The number of hydrogen-bond donors (Lipinski definition) is 0. The Morgan fingerprint density at radius 2 is 0.611 bits per heavy atom. The van der Waals surface area contributed by atoms with Crippen LogP contribution in [0.25, 0.3) is 99.4 Å². The highest BCUT2D eigenvalue weighted by atomic mass is 28.3. The highest BCUT2D eigenvalue weighted by Crippen LogP contribution is 2.55. The van der Waals surface area contributed by atoms with Gasteiger partial charge in [0.15, 0.2) is 0 Å². The van der Waals surface area contributed by atoms with Crippen molar-refractivity contribution in [3.63, 3.8) is 0 Å². The zero-order valence-electron chi connectivity index (χ0n) is 54.5. The van der Waals surface area contributed by atoms with Crippen LogP contribution in [0.3, 0.4) is 0 Å². The first-order valence-electron chi connectivity index (χ1n) is 33.0. The molecule has 4 heterocycles. The second kappa shape index (κ2) is 20.4. The predicted molar refractivity (Wildman–Crippen MR) is 395 cm³/mol. The van der Waals surface area contributed by atoms with Crippen LogP contribution in [0.2, 0.25) is 26.2 Å². The van der Waals surface area contributed by atoms with E-state index < -0.39 is 16.1 Å². The molecular formula is C86H80N2Si2. The molecule has 0 saturated heterocycles. The summed E-state index contributed by atoms with van der Waals surface area (Å²) in [4.78, 5) is 5.21. The molecule has 0 spiro atoms. The van der Waals surface area contributed by atoms with Gasteiger partial charge in [-0.15, -0.1) is 0 Å². The van der Waals surface area contributed by atoms with Crippen molar-refractivity contribution >= 4 is 92.6 Å². The van der Waals surface area contributed by atoms with Gasteiger partial charge in [-0.1, -0.05) is 227 Å². The summed E-state index contributed by atoms with van der Waals surface area (Å²) in [5.41, 5.74) is 32.1. The number of nitrogens with zero attached hydrogens (tertiary/aromatic N) is 2. The van der Waals surface area contributed by atoms with Gasteiger partial charge in [0.1, 0.15) is 16.1 Å². The number of anilines is 6. The Morgan fingerprint density at radius 1 is 0.278 bits per heavy atom. The molecule has 0 N–H and O–H groups in total. The molecule has 0 radical (unpaired) electrons. The fourth-order valence-electron chi connectivity index (χ4n) is 16.4. The van der Waals surface area contributed by atoms with E-state index in [1.165, 1.54) is 166 Å². The third-order valence-corrected chi connectivity index (χ3v) is 27.7. The molecule has 0 fully saturated rings. The summed E-state index contributed by atoms with van der Waals surface area (Å²) in [5.74, 6) is 0. The summed E-state index contributed by atoms with van der Waals surface area (Å²) in [6.07, 6.45) is 3.95. The van der Waals surface area contributed by atoms with Gasteiger partial charge in [0, 0.05) is 33.6 Å². The molecule has 0 saturated carbocycles. The Morgan fingerprint density at radius 3 is 0.967 bits per heavy atom. The van der Waals surface area contributed by atoms with E-state index in [0.29, 0.717) is 0 Å². The van der Waals surface area contributed by atoms with Crippen molar-refractivity contribution < 1.29 is 0 Å². The molecule has 90 heavy (non-hydrogen) atoms. The van der Waals surface area contributed by atoms with Crippen molar-refractivity contribution in [2.75, 3.05) is 9.80 Å². The van der Waals surface area contributed by atoms with Crippen molar-refractivity contribution in [1.82, 2.24) is 0 Å². The monoisotopic (exact) mass is 1200 g/mol. The van der Waals surface area contributed by atoms with Gasteiger partial charge in [-0.3, -0.25) is 0 Å². The third-order valence-electron chi connectivity index (χ3n) is 20.6. The van der Waals surface area contributed by atoms with Gasteiger partial charge in [-0.05, 0) is 229 Å². The van der Waals surface area contributed by atoms with Gasteiger partial charge in [0.25, 0.3) is 0 Å². The van der Waals surface area contributed by atoms with Gasteiger partial charge in [0.05, 0.1) is 22.7 Å². The SMILES string of the molecule is CCc1cc2c(cc1-c1cc3c(cc1CC)-c1ccc(N4c5ccc(CC(C)(C)C)cc5-c5ccccc5-c5cc6ccccc6cc54)cc1[Si]3(C)C)[Si](C)(C)c1cc(N3c4ccc(CC(C)(C)C)cc4-c4ccccc4-c4cc5ccccc5cc43)ccc1-2. The molecule has 12 aromatic rings. The Bertz CT molecular complexity index is 4710. The fourth-order valence-corrected chi connectivity index (χ4v) is 22.6. The summed E-state index contributed by atoms with van der Waals surface area (Å²) < 4.78 is 0. The number of aryl methyl sites for hydroxylation is 2. The van der Waals surface area contributed by atoms with Crippen LogP contribution in [0.1, 0.15) is 77.6 Å². The third kappa shape index (κ3) is 8.90. The zero-order chi connectivity index (χ0) is 61.9. The first-order chi connectivity index (χ1) is 43.2. The zero-order valence-corrected chi connectivity index (χ0v) is 56.5. The molecular weight excluding hydrogens is 1120 g/mol. The Balaban J connectivity index is 0.808. The average molecular weight is 1200 g/mol. The molecule has 0 unspecified atom stereocenters. The number of hydrogen-bond acceptors (Lipinski definition) is 2. The van der Waals surface area contributed by atoms with E-state index in [1.54, 1.807) is 10.4 Å². The van der Waals surface area contributed by atoms with Crippen molar-refractivity contribution in [3.05, 3.63) is 241 Å². The Labute approximate surface area is 535 Å². The summed E-state index contributed by atoms with van der Waals surface area (Å²) in [5, 5.41) is 11.2. The van der Waals surface area contributed by atoms with E-state index in [4.69, 9.17) is 0 Å². The second-order valence-corrected chi connectivity index (χ2v) is 38.6. The van der Waals surface area contributed by atoms with Crippen LogP contribution in [0, 0.1) is 10.8 Å². The molecule has 0 atom stereocenters. The van der Waals surface area contributed by atoms with Gasteiger partial charge in [-0.25, -0.2) is 0 Å². The number of rotatable bonds is 7. The largest absolute Gasteiger partial charge is 0.309 e. The summed E-state index contributed by atoms with van der Waals surface area (Å²) in [6, 6.07) is 86.1. The highest BCUT2D eigenvalue weighted by Gasteiger charge is 2.42. The van der Waals surface area contributed by atoms with E-state index in [2.05, 4.69) is 310 Å². The molecule has 442 valence electrons. The van der Waals surface area contributed by atoms with Crippen LogP contribution < -0.4 is 30.5 Å². The molecule has 4 heteroatoms. The van der Waals surface area contributed by atoms with Crippen molar-refractivity contribution in [2.45, 2.75) is 107 Å². The van der Waals surface area contributed by atoms with Crippen molar-refractivity contribution in [2.24, 2.45) is 10.8 Å². The van der Waals surface area contributed by atoms with E-state index in [1.807, 2.05) is 0 Å². The van der Waals surface area contributed by atoms with E-state index >= 15 is 0 Å².